The number of nitrogens with zero attached hydrogens (tertiary/aromatic N) is 3. The van der Waals surface area contributed by atoms with Crippen molar-refractivity contribution in [1.29, 1.82) is 0 Å². The molecule has 0 aromatic heterocycles. The average molecular weight is 416 g/mol. The van der Waals surface area contributed by atoms with Crippen LogP contribution in [-0.2, 0) is 20.7 Å². The molecule has 1 aromatic carbocycles. The van der Waals surface area contributed by atoms with Crippen molar-refractivity contribution in [3.8, 4) is 5.75 Å². The van der Waals surface area contributed by atoms with Gasteiger partial charge in [0.15, 0.2) is 0 Å². The minimum absolute atomic E-state index is 0.125. The number of likely N-dealkylation sites (tertiary alicyclic amines) is 2. The van der Waals surface area contributed by atoms with Gasteiger partial charge in [0, 0.05) is 32.2 Å². The van der Waals surface area contributed by atoms with E-state index in [4.69, 9.17) is 9.47 Å². The Bertz CT molecular complexity index is 779. The van der Waals surface area contributed by atoms with E-state index in [0.29, 0.717) is 45.8 Å². The predicted octanol–water partition coefficient (Wildman–Crippen LogP) is 1.41. The first kappa shape index (κ1) is 21.1. The number of hydrogen-bond acceptors (Lipinski definition) is 5. The normalized spacial score (nSPS) is 27.5. The van der Waals surface area contributed by atoms with Crippen molar-refractivity contribution in [3.05, 3.63) is 29.8 Å². The molecule has 30 heavy (non-hydrogen) atoms. The highest BCUT2D eigenvalue weighted by molar-refractivity contribution is 5.85. The number of carbonyl (C=O) groups excluding carboxylic acids is 2. The van der Waals surface area contributed by atoms with Crippen molar-refractivity contribution in [2.45, 2.75) is 31.7 Å². The van der Waals surface area contributed by atoms with Gasteiger partial charge in [-0.25, -0.2) is 0 Å². The SMILES string of the molecule is COc1cccc(CC(=O)N2CC[C@H]3N(C)CC[C@@]3(C(=O)N3CCOCC3)CC2)c1. The van der Waals surface area contributed by atoms with E-state index in [-0.39, 0.29) is 23.3 Å². The molecule has 4 rings (SSSR count). The van der Waals surface area contributed by atoms with Crippen LogP contribution in [0.25, 0.3) is 0 Å². The van der Waals surface area contributed by atoms with Gasteiger partial charge in [0.25, 0.3) is 0 Å². The molecule has 7 nitrogen and oxygen atoms in total. The van der Waals surface area contributed by atoms with Gasteiger partial charge in [-0.3, -0.25) is 9.59 Å². The van der Waals surface area contributed by atoms with Gasteiger partial charge in [-0.2, -0.15) is 0 Å². The molecular weight excluding hydrogens is 382 g/mol. The minimum Gasteiger partial charge on any atom is -0.497 e. The smallest absolute Gasteiger partial charge is 0.230 e. The third kappa shape index (κ3) is 4.05. The second-order valence-corrected chi connectivity index (χ2v) is 8.75. The lowest BCUT2D eigenvalue weighted by atomic mass is 9.75. The fourth-order valence-electron chi connectivity index (χ4n) is 5.39. The largest absolute Gasteiger partial charge is 0.497 e. The number of rotatable bonds is 4. The maximum absolute atomic E-state index is 13.6. The van der Waals surface area contributed by atoms with Crippen LogP contribution < -0.4 is 4.74 Å². The van der Waals surface area contributed by atoms with Crippen molar-refractivity contribution in [1.82, 2.24) is 14.7 Å². The summed E-state index contributed by atoms with van der Waals surface area (Å²) < 4.78 is 10.7. The summed E-state index contributed by atoms with van der Waals surface area (Å²) in [4.78, 5) is 33.0. The number of benzene rings is 1. The molecule has 164 valence electrons. The highest BCUT2D eigenvalue weighted by Crippen LogP contribution is 2.44. The second kappa shape index (κ2) is 8.94. The van der Waals surface area contributed by atoms with E-state index in [2.05, 4.69) is 11.9 Å². The van der Waals surface area contributed by atoms with Crippen molar-refractivity contribution in [2.75, 3.05) is 60.1 Å². The third-order valence-corrected chi connectivity index (χ3v) is 7.15. The molecule has 1 aromatic rings. The summed E-state index contributed by atoms with van der Waals surface area (Å²) in [5.41, 5.74) is 0.580. The Morgan fingerprint density at radius 3 is 2.63 bits per heavy atom. The molecule has 2 amide bonds. The zero-order valence-electron chi connectivity index (χ0n) is 18.1. The molecule has 0 saturated carbocycles. The maximum Gasteiger partial charge on any atom is 0.230 e. The summed E-state index contributed by atoms with van der Waals surface area (Å²) in [7, 11) is 3.75. The fourth-order valence-corrected chi connectivity index (χ4v) is 5.39. The molecule has 3 heterocycles. The number of morpholine rings is 1. The Morgan fingerprint density at radius 2 is 1.87 bits per heavy atom. The predicted molar refractivity (Wildman–Crippen MR) is 113 cm³/mol. The molecule has 0 N–H and O–H groups in total. The Balaban J connectivity index is 1.47. The lowest BCUT2D eigenvalue weighted by Gasteiger charge is -2.39. The molecular formula is C23H33N3O4. The second-order valence-electron chi connectivity index (χ2n) is 8.75. The van der Waals surface area contributed by atoms with Crippen molar-refractivity contribution >= 4 is 11.8 Å². The number of carbonyl (C=O) groups is 2. The summed E-state index contributed by atoms with van der Waals surface area (Å²) in [6, 6.07) is 7.88. The molecule has 3 aliphatic rings. The van der Waals surface area contributed by atoms with Gasteiger partial charge < -0.3 is 24.2 Å². The first-order chi connectivity index (χ1) is 14.5. The molecule has 0 spiro atoms. The summed E-state index contributed by atoms with van der Waals surface area (Å²) in [5, 5.41) is 0. The van der Waals surface area contributed by atoms with E-state index in [9.17, 15) is 9.59 Å². The van der Waals surface area contributed by atoms with E-state index in [0.717, 1.165) is 37.1 Å². The third-order valence-electron chi connectivity index (χ3n) is 7.15. The molecule has 0 aliphatic carbocycles. The van der Waals surface area contributed by atoms with Gasteiger partial charge >= 0.3 is 0 Å². The van der Waals surface area contributed by atoms with Gasteiger partial charge in [-0.1, -0.05) is 12.1 Å². The molecule has 0 radical (unpaired) electrons. The maximum atomic E-state index is 13.6. The zero-order chi connectivity index (χ0) is 21.1. The van der Waals surface area contributed by atoms with Crippen molar-refractivity contribution in [3.63, 3.8) is 0 Å². The van der Waals surface area contributed by atoms with Crippen molar-refractivity contribution < 1.29 is 19.1 Å². The fraction of sp³-hybridized carbons (Fsp3) is 0.652. The van der Waals surface area contributed by atoms with Crippen molar-refractivity contribution in [2.24, 2.45) is 5.41 Å². The highest BCUT2D eigenvalue weighted by atomic mass is 16.5. The first-order valence-electron chi connectivity index (χ1n) is 11.0. The van der Waals surface area contributed by atoms with Gasteiger partial charge in [0.1, 0.15) is 5.75 Å². The van der Waals surface area contributed by atoms with Gasteiger partial charge in [-0.05, 0) is 50.6 Å². The van der Waals surface area contributed by atoms with Crippen LogP contribution >= 0.6 is 0 Å². The van der Waals surface area contributed by atoms with Crippen LogP contribution in [0.5, 0.6) is 5.75 Å². The van der Waals surface area contributed by atoms with Crippen LogP contribution in [0.2, 0.25) is 0 Å². The zero-order valence-corrected chi connectivity index (χ0v) is 18.1. The quantitative estimate of drug-likeness (QED) is 0.744. The number of ether oxygens (including phenoxy) is 2. The van der Waals surface area contributed by atoms with Gasteiger partial charge in [0.2, 0.25) is 11.8 Å². The van der Waals surface area contributed by atoms with E-state index in [1.165, 1.54) is 0 Å². The van der Waals surface area contributed by atoms with Crippen LogP contribution in [0.1, 0.15) is 24.8 Å². The first-order valence-corrected chi connectivity index (χ1v) is 11.0. The summed E-state index contributed by atoms with van der Waals surface area (Å²) in [5.74, 6) is 1.16. The lowest BCUT2D eigenvalue weighted by Crippen LogP contribution is -2.53. The van der Waals surface area contributed by atoms with Crippen LogP contribution in [0.15, 0.2) is 24.3 Å². The van der Waals surface area contributed by atoms with E-state index in [1.54, 1.807) is 7.11 Å². The molecule has 2 atom stereocenters. The topological polar surface area (TPSA) is 62.3 Å². The number of fused-ring (bicyclic) bond motifs is 1. The molecule has 0 bridgehead atoms. The lowest BCUT2D eigenvalue weighted by molar-refractivity contribution is -0.148. The summed E-state index contributed by atoms with van der Waals surface area (Å²) >= 11 is 0. The molecule has 0 unspecified atom stereocenters. The van der Waals surface area contributed by atoms with E-state index < -0.39 is 0 Å². The summed E-state index contributed by atoms with van der Waals surface area (Å²) in [6.07, 6.45) is 2.82. The van der Waals surface area contributed by atoms with E-state index >= 15 is 0 Å². The minimum atomic E-state index is -0.378. The van der Waals surface area contributed by atoms with E-state index in [1.807, 2.05) is 34.1 Å². The Labute approximate surface area is 178 Å². The number of methoxy groups -OCH3 is 1. The highest BCUT2D eigenvalue weighted by Gasteiger charge is 2.53. The Hall–Kier alpha value is -2.12. The van der Waals surface area contributed by atoms with Crippen LogP contribution in [0.4, 0.5) is 0 Å². The standard InChI is InChI=1S/C23H33N3O4/c1-24-10-7-23(22(28)26-12-14-30-15-13-26)8-11-25(9-6-20(23)24)21(27)17-18-4-3-5-19(16-18)29-2/h3-5,16,20H,6-15,17H2,1-2H3/t20-,23-/m1/s1. The monoisotopic (exact) mass is 415 g/mol. The number of amides is 2. The van der Waals surface area contributed by atoms with Gasteiger partial charge in [-0.15, -0.1) is 0 Å². The average Bonchev–Trinajstić information content (AvgIpc) is 2.97. The van der Waals surface area contributed by atoms with Crippen LogP contribution in [-0.4, -0.2) is 92.7 Å². The summed E-state index contributed by atoms with van der Waals surface area (Å²) in [6.45, 7) is 4.88. The molecule has 3 saturated heterocycles. The van der Waals surface area contributed by atoms with Gasteiger partial charge in [0.05, 0.1) is 32.2 Å². The van der Waals surface area contributed by atoms with Crippen LogP contribution in [0.3, 0.4) is 0 Å². The number of hydrogen-bond donors (Lipinski definition) is 0. The van der Waals surface area contributed by atoms with Crippen LogP contribution in [0, 0.1) is 5.41 Å². The molecule has 7 heteroatoms. The Morgan fingerprint density at radius 1 is 1.10 bits per heavy atom. The Kier molecular flexibility index (Phi) is 6.29. The molecule has 3 fully saturated rings. The molecule has 3 aliphatic heterocycles.